The van der Waals surface area contributed by atoms with Crippen molar-refractivity contribution in [2.75, 3.05) is 0 Å². The quantitative estimate of drug-likeness (QED) is 0.816. The summed E-state index contributed by atoms with van der Waals surface area (Å²) >= 11 is 0. The Balaban J connectivity index is 2.55. The molecule has 112 valence electrons. The lowest BCUT2D eigenvalue weighted by atomic mass is 9.54. The number of benzene rings is 1. The summed E-state index contributed by atoms with van der Waals surface area (Å²) in [4.78, 5) is 24.0. The van der Waals surface area contributed by atoms with Crippen molar-refractivity contribution in [1.29, 1.82) is 0 Å². The van der Waals surface area contributed by atoms with Crippen LogP contribution in [0, 0.1) is 10.8 Å². The van der Waals surface area contributed by atoms with Gasteiger partial charge in [-0.25, -0.2) is 0 Å². The summed E-state index contributed by atoms with van der Waals surface area (Å²) in [6.45, 7) is 1.76. The van der Waals surface area contributed by atoms with Crippen LogP contribution in [0.1, 0.15) is 31.7 Å². The maximum absolute atomic E-state index is 12.1. The van der Waals surface area contributed by atoms with E-state index in [0.29, 0.717) is 6.42 Å². The Labute approximate surface area is 124 Å². The molecule has 0 saturated heterocycles. The van der Waals surface area contributed by atoms with Crippen LogP contribution in [-0.4, -0.2) is 22.2 Å². The minimum atomic E-state index is -1.30. The molecule has 1 aromatic rings. The maximum Gasteiger partial charge on any atom is 0.311 e. The third-order valence-electron chi connectivity index (χ3n) is 4.79. The highest BCUT2D eigenvalue weighted by molar-refractivity contribution is 5.87. The highest BCUT2D eigenvalue weighted by Crippen LogP contribution is 2.53. The number of rotatable bonds is 5. The van der Waals surface area contributed by atoms with Crippen LogP contribution in [0.2, 0.25) is 0 Å². The number of hydrogen-bond donors (Lipinski definition) is 2. The van der Waals surface area contributed by atoms with Crippen LogP contribution < -0.4 is 0 Å². The lowest BCUT2D eigenvalue weighted by Gasteiger charge is -2.46. The maximum atomic E-state index is 12.1. The highest BCUT2D eigenvalue weighted by Gasteiger charge is 2.60. The van der Waals surface area contributed by atoms with E-state index < -0.39 is 22.8 Å². The lowest BCUT2D eigenvalue weighted by Crippen LogP contribution is -2.54. The summed E-state index contributed by atoms with van der Waals surface area (Å²) in [5.74, 6) is -2.05. The molecule has 0 saturated carbocycles. The standard InChI is InChI=1S/C17H20O4/c1-2-16(14(18)19)10-6-7-11-17(16,15(20)21)12-13-8-4-3-5-9-13/h3-9H,2,10-12H2,1H3,(H,18,19)(H,20,21)/t16-,17+/m1/s1. The fraction of sp³-hybridized carbons (Fsp3) is 0.412. The van der Waals surface area contributed by atoms with E-state index in [9.17, 15) is 19.8 Å². The summed E-state index contributed by atoms with van der Waals surface area (Å²) in [6.07, 6.45) is 4.63. The van der Waals surface area contributed by atoms with E-state index in [1.54, 1.807) is 19.1 Å². The first-order valence-electron chi connectivity index (χ1n) is 7.14. The summed E-state index contributed by atoms with van der Waals surface area (Å²) < 4.78 is 0. The van der Waals surface area contributed by atoms with E-state index in [2.05, 4.69) is 0 Å². The molecular weight excluding hydrogens is 268 g/mol. The zero-order valence-corrected chi connectivity index (χ0v) is 12.1. The van der Waals surface area contributed by atoms with Gasteiger partial charge in [0.15, 0.2) is 0 Å². The number of carboxylic acids is 2. The topological polar surface area (TPSA) is 74.6 Å². The molecule has 0 radical (unpaired) electrons. The molecule has 1 aliphatic rings. The van der Waals surface area contributed by atoms with Gasteiger partial charge in [-0.15, -0.1) is 0 Å². The monoisotopic (exact) mass is 288 g/mol. The van der Waals surface area contributed by atoms with E-state index in [1.807, 2.05) is 30.3 Å². The van der Waals surface area contributed by atoms with Gasteiger partial charge in [-0.3, -0.25) is 9.59 Å². The molecule has 4 heteroatoms. The van der Waals surface area contributed by atoms with Crippen molar-refractivity contribution >= 4 is 11.9 Å². The van der Waals surface area contributed by atoms with Gasteiger partial charge in [0, 0.05) is 0 Å². The van der Waals surface area contributed by atoms with Crippen LogP contribution in [0.4, 0.5) is 0 Å². The van der Waals surface area contributed by atoms with Gasteiger partial charge in [0.25, 0.3) is 0 Å². The first-order valence-corrected chi connectivity index (χ1v) is 7.14. The molecule has 0 unspecified atom stereocenters. The molecule has 0 spiro atoms. The second-order valence-electron chi connectivity index (χ2n) is 5.67. The number of aliphatic carboxylic acids is 2. The van der Waals surface area contributed by atoms with Crippen LogP contribution in [0.3, 0.4) is 0 Å². The third kappa shape index (κ3) is 2.35. The summed E-state index contributed by atoms with van der Waals surface area (Å²) in [5.41, 5.74) is -1.71. The molecule has 0 heterocycles. The van der Waals surface area contributed by atoms with Gasteiger partial charge in [0.2, 0.25) is 0 Å². The Morgan fingerprint density at radius 2 is 1.52 bits per heavy atom. The fourth-order valence-electron chi connectivity index (χ4n) is 3.44. The SMILES string of the molecule is CC[C@]1(C(=O)O)CC=CC[C@]1(Cc1ccccc1)C(=O)O. The van der Waals surface area contributed by atoms with Gasteiger partial charge < -0.3 is 10.2 Å². The van der Waals surface area contributed by atoms with Crippen molar-refractivity contribution in [3.63, 3.8) is 0 Å². The van der Waals surface area contributed by atoms with Crippen molar-refractivity contribution in [1.82, 2.24) is 0 Å². The van der Waals surface area contributed by atoms with Gasteiger partial charge in [0.1, 0.15) is 0 Å². The number of carbonyl (C=O) groups is 2. The molecule has 2 N–H and O–H groups in total. The van der Waals surface area contributed by atoms with Gasteiger partial charge in [0.05, 0.1) is 10.8 Å². The zero-order valence-electron chi connectivity index (χ0n) is 12.1. The average Bonchev–Trinajstić information content (AvgIpc) is 2.48. The van der Waals surface area contributed by atoms with Crippen molar-refractivity contribution in [3.8, 4) is 0 Å². The minimum absolute atomic E-state index is 0.230. The zero-order chi connectivity index (χ0) is 15.5. The van der Waals surface area contributed by atoms with Gasteiger partial charge in [-0.05, 0) is 31.2 Å². The molecule has 0 aliphatic heterocycles. The summed E-state index contributed by atoms with van der Waals surface area (Å²) in [7, 11) is 0. The Hall–Kier alpha value is -2.10. The van der Waals surface area contributed by atoms with Crippen LogP contribution in [0.5, 0.6) is 0 Å². The van der Waals surface area contributed by atoms with Crippen LogP contribution in [0.15, 0.2) is 42.5 Å². The van der Waals surface area contributed by atoms with Crippen molar-refractivity contribution in [3.05, 3.63) is 48.0 Å². The van der Waals surface area contributed by atoms with E-state index in [1.165, 1.54) is 0 Å². The second-order valence-corrected chi connectivity index (χ2v) is 5.67. The second kappa shape index (κ2) is 5.72. The Bertz CT molecular complexity index is 563. The average molecular weight is 288 g/mol. The summed E-state index contributed by atoms with van der Waals surface area (Å²) in [6, 6.07) is 9.26. The normalized spacial score (nSPS) is 28.2. The molecule has 0 bridgehead atoms. The predicted octanol–water partition coefficient (Wildman–Crippen LogP) is 3.13. The molecule has 0 aromatic heterocycles. The number of carboxylic acid groups (broad SMARTS) is 2. The number of hydrogen-bond acceptors (Lipinski definition) is 2. The minimum Gasteiger partial charge on any atom is -0.481 e. The van der Waals surface area contributed by atoms with Crippen molar-refractivity contribution < 1.29 is 19.8 Å². The smallest absolute Gasteiger partial charge is 0.311 e. The van der Waals surface area contributed by atoms with E-state index in [0.717, 1.165) is 5.56 Å². The van der Waals surface area contributed by atoms with Crippen LogP contribution in [0.25, 0.3) is 0 Å². The highest BCUT2D eigenvalue weighted by atomic mass is 16.4. The third-order valence-corrected chi connectivity index (χ3v) is 4.79. The first kappa shape index (κ1) is 15.3. The molecule has 0 amide bonds. The Morgan fingerprint density at radius 1 is 1.00 bits per heavy atom. The molecule has 21 heavy (non-hydrogen) atoms. The molecular formula is C17H20O4. The molecule has 1 aromatic carbocycles. The molecule has 2 atom stereocenters. The lowest BCUT2D eigenvalue weighted by molar-refractivity contribution is -0.175. The predicted molar refractivity (Wildman–Crippen MR) is 78.9 cm³/mol. The van der Waals surface area contributed by atoms with E-state index in [4.69, 9.17) is 0 Å². The van der Waals surface area contributed by atoms with Crippen molar-refractivity contribution in [2.24, 2.45) is 10.8 Å². The molecule has 2 rings (SSSR count). The molecule has 1 aliphatic carbocycles. The van der Waals surface area contributed by atoms with E-state index >= 15 is 0 Å². The van der Waals surface area contributed by atoms with E-state index in [-0.39, 0.29) is 19.3 Å². The van der Waals surface area contributed by atoms with Crippen LogP contribution >= 0.6 is 0 Å². The number of allylic oxidation sites excluding steroid dienone is 2. The van der Waals surface area contributed by atoms with Gasteiger partial charge in [-0.1, -0.05) is 49.4 Å². The van der Waals surface area contributed by atoms with Gasteiger partial charge in [-0.2, -0.15) is 0 Å². The fourth-order valence-corrected chi connectivity index (χ4v) is 3.44. The van der Waals surface area contributed by atoms with Crippen molar-refractivity contribution in [2.45, 2.75) is 32.6 Å². The molecule has 4 nitrogen and oxygen atoms in total. The largest absolute Gasteiger partial charge is 0.481 e. The Morgan fingerprint density at radius 3 is 2.00 bits per heavy atom. The van der Waals surface area contributed by atoms with Crippen LogP contribution in [-0.2, 0) is 16.0 Å². The first-order chi connectivity index (χ1) is 9.98. The Kier molecular flexibility index (Phi) is 4.16. The molecule has 0 fully saturated rings. The summed E-state index contributed by atoms with van der Waals surface area (Å²) in [5, 5.41) is 19.6. The van der Waals surface area contributed by atoms with Gasteiger partial charge >= 0.3 is 11.9 Å².